The van der Waals surface area contributed by atoms with Gasteiger partial charge in [-0.2, -0.15) is 0 Å². The van der Waals surface area contributed by atoms with E-state index in [1.165, 1.54) is 17.6 Å². The maximum atomic E-state index is 2.26. The van der Waals surface area contributed by atoms with Crippen LogP contribution >= 0.6 is 0 Å². The molecule has 0 heterocycles. The molecule has 2 aromatic rings. The molecule has 27 heavy (non-hydrogen) atoms. The molecule has 3 aliphatic rings. The molecule has 0 nitrogen and oxygen atoms in total. The number of allylic oxidation sites excluding steroid dienone is 12. The van der Waals surface area contributed by atoms with Crippen molar-refractivity contribution >= 4 is 0 Å². The van der Waals surface area contributed by atoms with Crippen LogP contribution in [0.4, 0.5) is 0 Å². The average Bonchev–Trinajstić information content (AvgIpc) is 3.59. The summed E-state index contributed by atoms with van der Waals surface area (Å²) in [6, 6.07) is 24.0. The summed E-state index contributed by atoms with van der Waals surface area (Å²) in [6.07, 6.45) is 21.0. The van der Waals surface area contributed by atoms with Crippen LogP contribution in [0.3, 0.4) is 0 Å². The molecule has 0 bridgehead atoms. The fraction of sp³-hybridized carbons (Fsp3) is 0.111. The highest BCUT2D eigenvalue weighted by atomic mass is 14.3. The van der Waals surface area contributed by atoms with Crippen molar-refractivity contribution in [1.29, 1.82) is 0 Å². The lowest BCUT2D eigenvalue weighted by Gasteiger charge is -2.01. The summed E-state index contributed by atoms with van der Waals surface area (Å²) in [4.78, 5) is 0. The lowest BCUT2D eigenvalue weighted by molar-refractivity contribution is 1.24. The van der Waals surface area contributed by atoms with Gasteiger partial charge in [0.05, 0.1) is 0 Å². The van der Waals surface area contributed by atoms with Crippen LogP contribution < -0.4 is 0 Å². The molecule has 0 radical (unpaired) electrons. The predicted octanol–water partition coefficient (Wildman–Crippen LogP) is 7.39. The Morgan fingerprint density at radius 1 is 0.407 bits per heavy atom. The van der Waals surface area contributed by atoms with Crippen molar-refractivity contribution in [3.63, 3.8) is 0 Å². The molecule has 0 amide bonds. The van der Waals surface area contributed by atoms with Crippen LogP contribution in [-0.4, -0.2) is 0 Å². The highest BCUT2D eigenvalue weighted by molar-refractivity contribution is 5.62. The molecular weight excluding hydrogens is 324 g/mol. The van der Waals surface area contributed by atoms with Crippen LogP contribution in [0.25, 0.3) is 0 Å². The van der Waals surface area contributed by atoms with Crippen LogP contribution in [0.2, 0.25) is 0 Å². The van der Waals surface area contributed by atoms with Crippen molar-refractivity contribution < 1.29 is 0 Å². The van der Waals surface area contributed by atoms with Gasteiger partial charge < -0.3 is 0 Å². The van der Waals surface area contributed by atoms with Crippen molar-refractivity contribution in [2.75, 3.05) is 0 Å². The zero-order chi connectivity index (χ0) is 18.6. The van der Waals surface area contributed by atoms with E-state index in [-0.39, 0.29) is 0 Å². The standard InChI is InChI=1S/C15H14.2C6H6/c1-3-7-12(8-4-1)14-11-15(14)13-9-5-2-6-10-13;2*1-2-4-6-5-3-1/h1-7,9H,8,10-11H2;2*1-6H. The Bertz CT molecular complexity index is 743. The first-order valence-electron chi connectivity index (χ1n) is 9.56. The van der Waals surface area contributed by atoms with Gasteiger partial charge in [-0.1, -0.05) is 121 Å². The maximum absolute atomic E-state index is 2.26. The van der Waals surface area contributed by atoms with Gasteiger partial charge in [0.2, 0.25) is 0 Å². The average molecular weight is 351 g/mol. The first-order chi connectivity index (χ1) is 13.4. The van der Waals surface area contributed by atoms with E-state index >= 15 is 0 Å². The summed E-state index contributed by atoms with van der Waals surface area (Å²) in [7, 11) is 0. The van der Waals surface area contributed by atoms with Crippen LogP contribution in [0.1, 0.15) is 19.3 Å². The molecule has 5 rings (SSSR count). The lowest BCUT2D eigenvalue weighted by atomic mass is 10.0. The highest BCUT2D eigenvalue weighted by Gasteiger charge is 2.26. The predicted molar refractivity (Wildman–Crippen MR) is 117 cm³/mol. The zero-order valence-corrected chi connectivity index (χ0v) is 15.7. The summed E-state index contributed by atoms with van der Waals surface area (Å²) >= 11 is 0. The number of hydrogen-bond acceptors (Lipinski definition) is 0. The topological polar surface area (TPSA) is 0 Å². The summed E-state index contributed by atoms with van der Waals surface area (Å²) in [5.74, 6) is 0. The van der Waals surface area contributed by atoms with Crippen LogP contribution in [0.15, 0.2) is 144 Å². The van der Waals surface area contributed by atoms with Gasteiger partial charge in [-0.15, -0.1) is 0 Å². The second-order valence-corrected chi connectivity index (χ2v) is 6.48. The van der Waals surface area contributed by atoms with Crippen LogP contribution in [0, 0.1) is 0 Å². The molecule has 1 fully saturated rings. The van der Waals surface area contributed by atoms with Gasteiger partial charge in [-0.3, -0.25) is 0 Å². The van der Waals surface area contributed by atoms with Gasteiger partial charge in [0.1, 0.15) is 0 Å². The van der Waals surface area contributed by atoms with Crippen LogP contribution in [0.5, 0.6) is 0 Å². The fourth-order valence-corrected chi connectivity index (χ4v) is 2.99. The molecular formula is C27H26. The van der Waals surface area contributed by atoms with Gasteiger partial charge in [0.15, 0.2) is 0 Å². The molecule has 0 aromatic heterocycles. The quantitative estimate of drug-likeness (QED) is 0.464. The molecule has 0 unspecified atom stereocenters. The SMILES string of the molecule is C1=CCC(=C2CC2=C2C=CC=CC2)C=C1.c1ccccc1.c1ccccc1. The summed E-state index contributed by atoms with van der Waals surface area (Å²) in [5.41, 5.74) is 6.21. The van der Waals surface area contributed by atoms with Crippen molar-refractivity contribution in [2.24, 2.45) is 0 Å². The van der Waals surface area contributed by atoms with Crippen LogP contribution in [-0.2, 0) is 0 Å². The molecule has 0 saturated heterocycles. The first kappa shape index (κ1) is 18.7. The minimum absolute atomic E-state index is 1.11. The van der Waals surface area contributed by atoms with Crippen molar-refractivity contribution in [3.05, 3.63) is 144 Å². The third-order valence-electron chi connectivity index (χ3n) is 4.47. The molecule has 3 aliphatic carbocycles. The van der Waals surface area contributed by atoms with Gasteiger partial charge >= 0.3 is 0 Å². The zero-order valence-electron chi connectivity index (χ0n) is 15.7. The Labute approximate surface area is 163 Å². The molecule has 0 atom stereocenters. The Hall–Kier alpha value is -3.12. The second kappa shape index (κ2) is 10.8. The number of rotatable bonds is 0. The van der Waals surface area contributed by atoms with E-state index in [0.717, 1.165) is 12.8 Å². The summed E-state index contributed by atoms with van der Waals surface area (Å²) in [5, 5.41) is 0. The van der Waals surface area contributed by atoms with E-state index in [1.54, 1.807) is 11.1 Å². The number of benzene rings is 2. The van der Waals surface area contributed by atoms with Gasteiger partial charge in [-0.05, 0) is 41.6 Å². The Morgan fingerprint density at radius 3 is 1.00 bits per heavy atom. The van der Waals surface area contributed by atoms with E-state index in [0.29, 0.717) is 0 Å². The monoisotopic (exact) mass is 350 g/mol. The van der Waals surface area contributed by atoms with Gasteiger partial charge in [0, 0.05) is 0 Å². The van der Waals surface area contributed by atoms with E-state index in [9.17, 15) is 0 Å². The van der Waals surface area contributed by atoms with E-state index in [1.807, 2.05) is 72.8 Å². The largest absolute Gasteiger partial charge is 0.0801 e. The van der Waals surface area contributed by atoms with E-state index in [2.05, 4.69) is 48.6 Å². The molecule has 1 saturated carbocycles. The lowest BCUT2D eigenvalue weighted by Crippen LogP contribution is -1.82. The molecule has 2 aromatic carbocycles. The molecule has 0 spiro atoms. The smallest absolute Gasteiger partial charge is 0.00142 e. The Morgan fingerprint density at radius 2 is 0.741 bits per heavy atom. The Kier molecular flexibility index (Phi) is 7.45. The molecule has 134 valence electrons. The summed E-state index contributed by atoms with van der Waals surface area (Å²) in [6.45, 7) is 0. The second-order valence-electron chi connectivity index (χ2n) is 6.48. The fourth-order valence-electron chi connectivity index (χ4n) is 2.99. The minimum Gasteiger partial charge on any atom is -0.0801 e. The molecule has 0 aliphatic heterocycles. The third kappa shape index (κ3) is 6.60. The molecule has 0 heteroatoms. The maximum Gasteiger partial charge on any atom is -0.00142 e. The highest BCUT2D eigenvalue weighted by Crippen LogP contribution is 2.45. The van der Waals surface area contributed by atoms with Crippen molar-refractivity contribution in [1.82, 2.24) is 0 Å². The molecule has 0 N–H and O–H groups in total. The normalized spacial score (nSPS) is 21.6. The summed E-state index contributed by atoms with van der Waals surface area (Å²) < 4.78 is 0. The van der Waals surface area contributed by atoms with E-state index in [4.69, 9.17) is 0 Å². The number of hydrogen-bond donors (Lipinski definition) is 0. The van der Waals surface area contributed by atoms with Gasteiger partial charge in [-0.25, -0.2) is 0 Å². The minimum atomic E-state index is 1.11. The first-order valence-corrected chi connectivity index (χ1v) is 9.56. The van der Waals surface area contributed by atoms with E-state index < -0.39 is 0 Å². The van der Waals surface area contributed by atoms with Crippen molar-refractivity contribution in [3.8, 4) is 0 Å². The van der Waals surface area contributed by atoms with Gasteiger partial charge in [0.25, 0.3) is 0 Å². The Balaban J connectivity index is 0.000000144. The third-order valence-corrected chi connectivity index (χ3v) is 4.47. The van der Waals surface area contributed by atoms with Crippen molar-refractivity contribution in [2.45, 2.75) is 19.3 Å².